The molecule has 128 valence electrons. The van der Waals surface area contributed by atoms with Gasteiger partial charge < -0.3 is 4.98 Å². The van der Waals surface area contributed by atoms with Crippen molar-refractivity contribution in [1.29, 1.82) is 0 Å². The van der Waals surface area contributed by atoms with Crippen LogP contribution in [0.4, 0.5) is 0 Å². The highest BCUT2D eigenvalue weighted by molar-refractivity contribution is 6.31. The molecule has 5 rings (SSSR count). The summed E-state index contributed by atoms with van der Waals surface area (Å²) in [6, 6.07) is 15.5. The normalized spacial score (nSPS) is 16.8. The number of nitrogens with zero attached hydrogens (tertiary/aromatic N) is 3. The number of rotatable bonds is 2. The highest BCUT2D eigenvalue weighted by Gasteiger charge is 2.31. The smallest absolute Gasteiger partial charge is 0.229 e. The molecule has 0 spiro atoms. The topological polar surface area (TPSA) is 63.6 Å². The Labute approximate surface area is 154 Å². The second kappa shape index (κ2) is 5.81. The molecule has 2 heterocycles. The van der Waals surface area contributed by atoms with Crippen LogP contribution < -0.4 is 0 Å². The van der Waals surface area contributed by atoms with E-state index in [2.05, 4.69) is 15.1 Å². The molecule has 2 aromatic carbocycles. The lowest BCUT2D eigenvalue weighted by Crippen LogP contribution is -2.20. The molecule has 4 aromatic rings. The van der Waals surface area contributed by atoms with Crippen LogP contribution in [-0.4, -0.2) is 25.5 Å². The van der Waals surface area contributed by atoms with E-state index >= 15 is 0 Å². The number of carbonyl (C=O) groups excluding carboxylic acids is 1. The average Bonchev–Trinajstić information content (AvgIpc) is 3.25. The minimum Gasteiger partial charge on any atom is -0.322 e. The number of fused-ring (bicyclic) bond motifs is 2. The minimum absolute atomic E-state index is 0.0449. The second-order valence-electron chi connectivity index (χ2n) is 6.54. The fourth-order valence-electron chi connectivity index (χ4n) is 3.69. The highest BCUT2D eigenvalue weighted by Crippen LogP contribution is 2.36. The number of benzene rings is 2. The standard InChI is InChI=1S/C20H15ClN4O/c21-15-6-2-1-5-13(15)12-9-18-14(19(26)10-12)11-22-25(18)20-23-16-7-3-4-8-17(16)24-20/h1-8,11-12H,9-10H2,(H,23,24)/t12-/m1/s1. The zero-order valence-electron chi connectivity index (χ0n) is 13.8. The van der Waals surface area contributed by atoms with Gasteiger partial charge in [0.25, 0.3) is 0 Å². The van der Waals surface area contributed by atoms with Gasteiger partial charge in [0.05, 0.1) is 28.5 Å². The van der Waals surface area contributed by atoms with Crippen molar-refractivity contribution in [2.75, 3.05) is 0 Å². The molecule has 1 aliphatic rings. The molecule has 1 aliphatic carbocycles. The van der Waals surface area contributed by atoms with Crippen LogP contribution in [-0.2, 0) is 6.42 Å². The second-order valence-corrected chi connectivity index (χ2v) is 6.95. The Balaban J connectivity index is 1.60. The zero-order valence-corrected chi connectivity index (χ0v) is 14.6. The van der Waals surface area contributed by atoms with Crippen molar-refractivity contribution in [3.8, 4) is 5.95 Å². The Bertz CT molecular complexity index is 1110. The van der Waals surface area contributed by atoms with Crippen molar-refractivity contribution in [2.24, 2.45) is 0 Å². The van der Waals surface area contributed by atoms with Crippen LogP contribution in [0, 0.1) is 0 Å². The van der Waals surface area contributed by atoms with Gasteiger partial charge >= 0.3 is 0 Å². The number of hydrogen-bond donors (Lipinski definition) is 1. The summed E-state index contributed by atoms with van der Waals surface area (Å²) in [6.45, 7) is 0. The summed E-state index contributed by atoms with van der Waals surface area (Å²) in [6.07, 6.45) is 2.79. The number of halogens is 1. The molecule has 5 nitrogen and oxygen atoms in total. The number of para-hydroxylation sites is 2. The van der Waals surface area contributed by atoms with Crippen LogP contribution in [0.1, 0.15) is 34.0 Å². The van der Waals surface area contributed by atoms with Crippen molar-refractivity contribution in [3.05, 3.63) is 76.6 Å². The summed E-state index contributed by atoms with van der Waals surface area (Å²) < 4.78 is 1.75. The van der Waals surface area contributed by atoms with E-state index in [0.717, 1.165) is 22.3 Å². The van der Waals surface area contributed by atoms with Crippen molar-refractivity contribution < 1.29 is 4.79 Å². The van der Waals surface area contributed by atoms with Crippen LogP contribution >= 0.6 is 11.6 Å². The van der Waals surface area contributed by atoms with E-state index in [0.29, 0.717) is 29.4 Å². The van der Waals surface area contributed by atoms with Crippen LogP contribution in [0.25, 0.3) is 17.0 Å². The van der Waals surface area contributed by atoms with Gasteiger partial charge in [-0.25, -0.2) is 9.67 Å². The molecule has 0 aliphatic heterocycles. The van der Waals surface area contributed by atoms with Crippen LogP contribution in [0.3, 0.4) is 0 Å². The SMILES string of the molecule is O=C1C[C@H](c2ccccc2Cl)Cc2c1cnn2-c1nc2ccccc2[nH]1. The number of nitrogens with one attached hydrogen (secondary N) is 1. The molecule has 0 fully saturated rings. The lowest BCUT2D eigenvalue weighted by Gasteiger charge is -2.23. The Morgan fingerprint density at radius 1 is 1.08 bits per heavy atom. The lowest BCUT2D eigenvalue weighted by molar-refractivity contribution is 0.0964. The summed E-state index contributed by atoms with van der Waals surface area (Å²) >= 11 is 6.36. The molecular weight excluding hydrogens is 348 g/mol. The molecule has 2 aromatic heterocycles. The summed E-state index contributed by atoms with van der Waals surface area (Å²) in [5.41, 5.74) is 4.37. The van der Waals surface area contributed by atoms with Gasteiger partial charge in [0.1, 0.15) is 0 Å². The molecule has 1 atom stereocenters. The Hall–Kier alpha value is -2.92. The zero-order chi connectivity index (χ0) is 17.7. The van der Waals surface area contributed by atoms with Crippen LogP contribution in [0.15, 0.2) is 54.7 Å². The van der Waals surface area contributed by atoms with Gasteiger partial charge in [0.2, 0.25) is 5.95 Å². The molecule has 1 N–H and O–H groups in total. The van der Waals surface area contributed by atoms with Crippen molar-refractivity contribution in [3.63, 3.8) is 0 Å². The average molecular weight is 363 g/mol. The number of hydrogen-bond acceptors (Lipinski definition) is 3. The maximum atomic E-state index is 12.7. The molecule has 0 radical (unpaired) electrons. The number of carbonyl (C=O) groups is 1. The Morgan fingerprint density at radius 2 is 1.88 bits per heavy atom. The van der Waals surface area contributed by atoms with Gasteiger partial charge in [-0.15, -0.1) is 0 Å². The van der Waals surface area contributed by atoms with Gasteiger partial charge in [0.15, 0.2) is 5.78 Å². The van der Waals surface area contributed by atoms with Gasteiger partial charge in [-0.05, 0) is 36.1 Å². The van der Waals surface area contributed by atoms with E-state index in [4.69, 9.17) is 11.6 Å². The summed E-state index contributed by atoms with van der Waals surface area (Å²) in [5, 5.41) is 5.13. The molecule has 0 amide bonds. The molecular formula is C20H15ClN4O. The highest BCUT2D eigenvalue weighted by atomic mass is 35.5. The third-order valence-electron chi connectivity index (χ3n) is 4.96. The third-order valence-corrected chi connectivity index (χ3v) is 5.31. The van der Waals surface area contributed by atoms with Crippen LogP contribution in [0.5, 0.6) is 0 Å². The molecule has 0 saturated heterocycles. The van der Waals surface area contributed by atoms with Gasteiger partial charge in [-0.3, -0.25) is 4.79 Å². The van der Waals surface area contributed by atoms with E-state index in [-0.39, 0.29) is 11.7 Å². The minimum atomic E-state index is 0.0449. The summed E-state index contributed by atoms with van der Waals surface area (Å²) in [4.78, 5) is 20.6. The number of ketones is 1. The quantitative estimate of drug-likeness (QED) is 0.577. The van der Waals surface area contributed by atoms with Crippen molar-refractivity contribution in [2.45, 2.75) is 18.8 Å². The maximum Gasteiger partial charge on any atom is 0.229 e. The van der Waals surface area contributed by atoms with Crippen LogP contribution in [0.2, 0.25) is 5.02 Å². The predicted octanol–water partition coefficient (Wildman–Crippen LogP) is 4.31. The van der Waals surface area contributed by atoms with Gasteiger partial charge in [-0.1, -0.05) is 41.9 Å². The molecule has 0 unspecified atom stereocenters. The van der Waals surface area contributed by atoms with E-state index in [9.17, 15) is 4.79 Å². The molecule has 26 heavy (non-hydrogen) atoms. The van der Waals surface area contributed by atoms with Gasteiger partial charge in [0, 0.05) is 11.4 Å². The van der Waals surface area contributed by atoms with E-state index in [1.54, 1.807) is 10.9 Å². The number of Topliss-reactive ketones (excluding diaryl/α,β-unsaturated/α-hetero) is 1. The van der Waals surface area contributed by atoms with E-state index in [1.807, 2.05) is 48.5 Å². The van der Waals surface area contributed by atoms with E-state index < -0.39 is 0 Å². The number of H-pyrrole nitrogens is 1. The first-order valence-electron chi connectivity index (χ1n) is 8.50. The fourth-order valence-corrected chi connectivity index (χ4v) is 3.98. The van der Waals surface area contributed by atoms with Gasteiger partial charge in [-0.2, -0.15) is 5.10 Å². The summed E-state index contributed by atoms with van der Waals surface area (Å²) in [5.74, 6) is 0.766. The largest absolute Gasteiger partial charge is 0.322 e. The number of aromatic nitrogens is 4. The monoisotopic (exact) mass is 362 g/mol. The van der Waals surface area contributed by atoms with E-state index in [1.165, 1.54) is 0 Å². The van der Waals surface area contributed by atoms with Crippen molar-refractivity contribution >= 4 is 28.4 Å². The third kappa shape index (κ3) is 2.35. The first-order valence-corrected chi connectivity index (χ1v) is 8.88. The number of imidazole rings is 1. The maximum absolute atomic E-state index is 12.7. The summed E-state index contributed by atoms with van der Waals surface area (Å²) in [7, 11) is 0. The first kappa shape index (κ1) is 15.3. The first-order chi connectivity index (χ1) is 12.7. The lowest BCUT2D eigenvalue weighted by atomic mass is 9.82. The molecule has 0 saturated carbocycles. The Kier molecular flexibility index (Phi) is 3.43. The molecule has 0 bridgehead atoms. The molecule has 6 heteroatoms. The Morgan fingerprint density at radius 3 is 2.73 bits per heavy atom. The number of aromatic amines is 1. The predicted molar refractivity (Wildman–Crippen MR) is 100 cm³/mol. The fraction of sp³-hybridized carbons (Fsp3) is 0.150. The van der Waals surface area contributed by atoms with Crippen molar-refractivity contribution in [1.82, 2.24) is 19.7 Å².